The van der Waals surface area contributed by atoms with Gasteiger partial charge in [0.1, 0.15) is 6.54 Å². The first kappa shape index (κ1) is 20.3. The summed E-state index contributed by atoms with van der Waals surface area (Å²) in [5, 5.41) is 12.2. The highest BCUT2D eigenvalue weighted by atomic mass is 16.2. The molecular weight excluding hydrogens is 394 g/mol. The van der Waals surface area contributed by atoms with Gasteiger partial charge in [0.05, 0.1) is 11.4 Å². The highest BCUT2D eigenvalue weighted by Crippen LogP contribution is 2.30. The molecule has 3 N–H and O–H groups in total. The molecule has 0 aliphatic rings. The van der Waals surface area contributed by atoms with Gasteiger partial charge in [-0.25, -0.2) is 9.67 Å². The summed E-state index contributed by atoms with van der Waals surface area (Å²) in [5.41, 5.74) is 10.3. The normalized spacial score (nSPS) is 11.1. The van der Waals surface area contributed by atoms with Crippen LogP contribution in [-0.2, 0) is 17.9 Å². The van der Waals surface area contributed by atoms with Crippen LogP contribution >= 0.6 is 0 Å². The molecule has 0 fully saturated rings. The van der Waals surface area contributed by atoms with Gasteiger partial charge >= 0.3 is 0 Å². The minimum atomic E-state index is -0.702. The lowest BCUT2D eigenvalue weighted by atomic mass is 10.0. The number of aryl methyl sites for hydroxylation is 3. The van der Waals surface area contributed by atoms with Crippen molar-refractivity contribution >= 4 is 28.5 Å². The Balaban J connectivity index is 1.66. The Hall–Kier alpha value is -4.01. The van der Waals surface area contributed by atoms with Crippen LogP contribution in [0.5, 0.6) is 0 Å². The molecular formula is C22H23N7O2. The van der Waals surface area contributed by atoms with Gasteiger partial charge in [0.15, 0.2) is 11.3 Å². The van der Waals surface area contributed by atoms with E-state index in [9.17, 15) is 9.59 Å². The van der Waals surface area contributed by atoms with Crippen molar-refractivity contribution in [3.8, 4) is 11.1 Å². The second-order valence-electron chi connectivity index (χ2n) is 7.33. The highest BCUT2D eigenvalue weighted by Gasteiger charge is 2.19. The Labute approximate surface area is 178 Å². The maximum Gasteiger partial charge on any atom is 0.271 e. The number of nitrogens with zero attached hydrogens (tertiary/aromatic N) is 5. The van der Waals surface area contributed by atoms with Crippen LogP contribution in [0.4, 0.5) is 5.69 Å². The molecule has 0 saturated heterocycles. The fourth-order valence-electron chi connectivity index (χ4n) is 3.63. The lowest BCUT2D eigenvalue weighted by Crippen LogP contribution is -2.22. The molecule has 4 rings (SSSR count). The van der Waals surface area contributed by atoms with E-state index in [2.05, 4.69) is 26.6 Å². The van der Waals surface area contributed by atoms with Gasteiger partial charge in [-0.1, -0.05) is 29.8 Å². The first-order chi connectivity index (χ1) is 14.9. The zero-order chi connectivity index (χ0) is 22.1. The van der Waals surface area contributed by atoms with E-state index in [0.29, 0.717) is 12.2 Å². The molecule has 9 heteroatoms. The summed E-state index contributed by atoms with van der Waals surface area (Å²) >= 11 is 0. The zero-order valence-electron chi connectivity index (χ0n) is 17.6. The maximum absolute atomic E-state index is 12.7. The van der Waals surface area contributed by atoms with E-state index in [0.717, 1.165) is 27.8 Å². The van der Waals surface area contributed by atoms with E-state index < -0.39 is 5.91 Å². The minimum Gasteiger partial charge on any atom is -0.364 e. The number of nitrogens with two attached hydrogens (primary N) is 1. The van der Waals surface area contributed by atoms with E-state index >= 15 is 0 Å². The number of benzene rings is 1. The summed E-state index contributed by atoms with van der Waals surface area (Å²) in [5.74, 6) is -1.06. The Morgan fingerprint density at radius 1 is 1.16 bits per heavy atom. The van der Waals surface area contributed by atoms with Crippen molar-refractivity contribution < 1.29 is 9.59 Å². The Bertz CT molecular complexity index is 1300. The molecule has 0 unspecified atom stereocenters. The van der Waals surface area contributed by atoms with Gasteiger partial charge in [-0.15, -0.1) is 0 Å². The fourth-order valence-corrected chi connectivity index (χ4v) is 3.63. The van der Waals surface area contributed by atoms with Crippen molar-refractivity contribution in [3.63, 3.8) is 0 Å². The molecule has 158 valence electrons. The van der Waals surface area contributed by atoms with Crippen molar-refractivity contribution in [3.05, 3.63) is 59.7 Å². The molecule has 4 aromatic rings. The molecule has 31 heavy (non-hydrogen) atoms. The van der Waals surface area contributed by atoms with Gasteiger partial charge in [-0.3, -0.25) is 14.3 Å². The smallest absolute Gasteiger partial charge is 0.271 e. The van der Waals surface area contributed by atoms with Crippen LogP contribution in [0.2, 0.25) is 0 Å². The number of anilines is 1. The van der Waals surface area contributed by atoms with Gasteiger partial charge in [-0.05, 0) is 38.0 Å². The third-order valence-electron chi connectivity index (χ3n) is 5.02. The van der Waals surface area contributed by atoms with Crippen molar-refractivity contribution in [1.29, 1.82) is 0 Å². The number of rotatable bonds is 6. The van der Waals surface area contributed by atoms with E-state index in [1.165, 1.54) is 0 Å². The zero-order valence-corrected chi connectivity index (χ0v) is 17.6. The van der Waals surface area contributed by atoms with Crippen molar-refractivity contribution in [1.82, 2.24) is 24.5 Å². The first-order valence-corrected chi connectivity index (χ1v) is 9.93. The van der Waals surface area contributed by atoms with Crippen molar-refractivity contribution in [2.75, 3.05) is 5.32 Å². The SMILES string of the molecule is CCn1cc(NC(=O)Cn2nc(C)c3c(-c4cccc(C)c4)ccnc32)c(C(N)=O)n1. The monoisotopic (exact) mass is 417 g/mol. The minimum absolute atomic E-state index is 0.0246. The van der Waals surface area contributed by atoms with Gasteiger partial charge in [0.25, 0.3) is 5.91 Å². The molecule has 9 nitrogen and oxygen atoms in total. The van der Waals surface area contributed by atoms with Gasteiger partial charge in [0, 0.05) is 24.3 Å². The summed E-state index contributed by atoms with van der Waals surface area (Å²) in [6, 6.07) is 10.2. The number of hydrogen-bond acceptors (Lipinski definition) is 5. The topological polar surface area (TPSA) is 121 Å². The van der Waals surface area contributed by atoms with E-state index in [4.69, 9.17) is 5.73 Å². The van der Waals surface area contributed by atoms with E-state index in [1.807, 2.05) is 45.0 Å². The molecule has 0 aliphatic heterocycles. The Morgan fingerprint density at radius 2 is 1.97 bits per heavy atom. The van der Waals surface area contributed by atoms with Crippen molar-refractivity contribution in [2.45, 2.75) is 33.9 Å². The maximum atomic E-state index is 12.7. The first-order valence-electron chi connectivity index (χ1n) is 9.93. The molecule has 0 radical (unpaired) electrons. The van der Waals surface area contributed by atoms with Crippen LogP contribution in [0.1, 0.15) is 28.7 Å². The average Bonchev–Trinajstić information content (AvgIpc) is 3.29. The lowest BCUT2D eigenvalue weighted by molar-refractivity contribution is -0.116. The molecule has 3 aromatic heterocycles. The fraction of sp³-hybridized carbons (Fsp3) is 0.227. The average molecular weight is 417 g/mol. The standard InChI is InChI=1S/C22H23N7O2/c1-4-28-11-17(20(27-28)21(23)31)25-18(30)12-29-22-19(14(3)26-29)16(8-9-24-22)15-7-5-6-13(2)10-15/h5-11H,4,12H2,1-3H3,(H2,23,31)(H,25,30). The van der Waals surface area contributed by atoms with Crippen molar-refractivity contribution in [2.24, 2.45) is 5.73 Å². The van der Waals surface area contributed by atoms with E-state index in [-0.39, 0.29) is 23.8 Å². The number of aromatic nitrogens is 5. The summed E-state index contributed by atoms with van der Waals surface area (Å²) < 4.78 is 3.10. The van der Waals surface area contributed by atoms with E-state index in [1.54, 1.807) is 21.8 Å². The third kappa shape index (κ3) is 3.89. The van der Waals surface area contributed by atoms with Crippen LogP contribution in [0.25, 0.3) is 22.2 Å². The predicted octanol–water partition coefficient (Wildman–Crippen LogP) is 2.67. The van der Waals surface area contributed by atoms with Crippen LogP contribution in [-0.4, -0.2) is 36.4 Å². The second kappa shape index (κ2) is 8.02. The van der Waals surface area contributed by atoms with Crippen LogP contribution < -0.4 is 11.1 Å². The lowest BCUT2D eigenvalue weighted by Gasteiger charge is -2.07. The number of amides is 2. The van der Waals surface area contributed by atoms with Gasteiger partial charge < -0.3 is 11.1 Å². The van der Waals surface area contributed by atoms with Crippen LogP contribution in [0, 0.1) is 13.8 Å². The molecule has 3 heterocycles. The summed E-state index contributed by atoms with van der Waals surface area (Å²) in [6.45, 7) is 6.30. The quantitative estimate of drug-likeness (QED) is 0.500. The molecule has 1 aromatic carbocycles. The third-order valence-corrected chi connectivity index (χ3v) is 5.02. The Kier molecular flexibility index (Phi) is 5.24. The van der Waals surface area contributed by atoms with Gasteiger partial charge in [0.2, 0.25) is 5.91 Å². The summed E-state index contributed by atoms with van der Waals surface area (Å²) in [4.78, 5) is 28.8. The van der Waals surface area contributed by atoms with Crippen LogP contribution in [0.3, 0.4) is 0 Å². The number of hydrogen-bond donors (Lipinski definition) is 2. The number of carbonyl (C=O) groups excluding carboxylic acids is 2. The molecule has 0 aliphatic carbocycles. The predicted molar refractivity (Wildman–Crippen MR) is 117 cm³/mol. The second-order valence-corrected chi connectivity index (χ2v) is 7.33. The molecule has 0 atom stereocenters. The molecule has 0 saturated carbocycles. The largest absolute Gasteiger partial charge is 0.364 e. The summed E-state index contributed by atoms with van der Waals surface area (Å²) in [7, 11) is 0. The number of carbonyl (C=O) groups is 2. The van der Waals surface area contributed by atoms with Gasteiger partial charge in [-0.2, -0.15) is 10.2 Å². The molecule has 0 spiro atoms. The summed E-state index contributed by atoms with van der Waals surface area (Å²) in [6.07, 6.45) is 3.30. The number of pyridine rings is 1. The van der Waals surface area contributed by atoms with Crippen LogP contribution in [0.15, 0.2) is 42.7 Å². The molecule has 2 amide bonds. The molecule has 0 bridgehead atoms. The number of primary amides is 1. The Morgan fingerprint density at radius 3 is 2.68 bits per heavy atom. The number of nitrogens with one attached hydrogen (secondary N) is 1. The highest BCUT2D eigenvalue weighted by molar-refractivity contribution is 6.02. The number of fused-ring (bicyclic) bond motifs is 1.